The molecule has 0 spiro atoms. The summed E-state index contributed by atoms with van der Waals surface area (Å²) in [5.74, 6) is 3.46. The zero-order chi connectivity index (χ0) is 7.84. The average Bonchev–Trinajstić information content (AvgIpc) is 2.77. The van der Waals surface area contributed by atoms with Crippen LogP contribution < -0.4 is 0 Å². The van der Waals surface area contributed by atoms with E-state index >= 15 is 0 Å². The van der Waals surface area contributed by atoms with Crippen LogP contribution in [0.25, 0.3) is 0 Å². The molecule has 0 unspecified atom stereocenters. The second-order valence-electron chi connectivity index (χ2n) is 2.97. The lowest BCUT2D eigenvalue weighted by atomic mass is 10.4. The summed E-state index contributed by atoms with van der Waals surface area (Å²) in [6.07, 6.45) is 2.55. The van der Waals surface area contributed by atoms with Gasteiger partial charge in [0, 0.05) is 13.0 Å². The molecule has 1 aliphatic carbocycles. The van der Waals surface area contributed by atoms with Crippen LogP contribution in [0.4, 0.5) is 0 Å². The predicted molar refractivity (Wildman–Crippen MR) is 45.7 cm³/mol. The van der Waals surface area contributed by atoms with E-state index in [0.717, 1.165) is 11.6 Å². The Hall–Kier alpha value is -0.510. The molecule has 0 aromatic carbocycles. The fourth-order valence-electron chi connectivity index (χ4n) is 1.21. The van der Waals surface area contributed by atoms with Crippen molar-refractivity contribution in [2.75, 3.05) is 0 Å². The van der Waals surface area contributed by atoms with Crippen LogP contribution in [-0.2, 0) is 12.8 Å². The van der Waals surface area contributed by atoms with Gasteiger partial charge in [0.05, 0.1) is 5.75 Å². The lowest BCUT2D eigenvalue weighted by Crippen LogP contribution is -1.99. The fourth-order valence-corrected chi connectivity index (χ4v) is 1.49. The zero-order valence-corrected chi connectivity index (χ0v) is 7.38. The molecule has 2 rings (SSSR count). The SMILES string of the molecule is Cn1c(CS)nnc1C1CC1. The van der Waals surface area contributed by atoms with Crippen molar-refractivity contribution in [2.45, 2.75) is 24.5 Å². The van der Waals surface area contributed by atoms with E-state index < -0.39 is 0 Å². The molecule has 1 aliphatic rings. The standard InChI is InChI=1S/C7H11N3S/c1-10-6(4-11)8-9-7(10)5-2-3-5/h5,11H,2-4H2,1H3. The molecule has 60 valence electrons. The maximum atomic E-state index is 4.16. The van der Waals surface area contributed by atoms with Crippen molar-refractivity contribution in [3.05, 3.63) is 11.6 Å². The van der Waals surface area contributed by atoms with Crippen molar-refractivity contribution >= 4 is 12.6 Å². The van der Waals surface area contributed by atoms with Crippen LogP contribution in [0, 0.1) is 0 Å². The zero-order valence-electron chi connectivity index (χ0n) is 6.49. The fraction of sp³-hybridized carbons (Fsp3) is 0.714. The molecule has 1 aromatic heterocycles. The van der Waals surface area contributed by atoms with E-state index in [4.69, 9.17) is 0 Å². The Morgan fingerprint density at radius 3 is 2.73 bits per heavy atom. The predicted octanol–water partition coefficient (Wildman–Crippen LogP) is 1.12. The molecule has 11 heavy (non-hydrogen) atoms. The van der Waals surface area contributed by atoms with Crippen LogP contribution in [0.15, 0.2) is 0 Å². The van der Waals surface area contributed by atoms with Gasteiger partial charge in [-0.1, -0.05) is 0 Å². The average molecular weight is 169 g/mol. The van der Waals surface area contributed by atoms with Gasteiger partial charge in [0.2, 0.25) is 0 Å². The van der Waals surface area contributed by atoms with Crippen molar-refractivity contribution in [3.63, 3.8) is 0 Å². The van der Waals surface area contributed by atoms with Crippen LogP contribution in [0.2, 0.25) is 0 Å². The minimum Gasteiger partial charge on any atom is -0.317 e. The normalized spacial score (nSPS) is 17.3. The van der Waals surface area contributed by atoms with Gasteiger partial charge >= 0.3 is 0 Å². The molecule has 1 fully saturated rings. The van der Waals surface area contributed by atoms with Crippen LogP contribution in [0.1, 0.15) is 30.4 Å². The Morgan fingerprint density at radius 1 is 1.55 bits per heavy atom. The van der Waals surface area contributed by atoms with Crippen molar-refractivity contribution in [2.24, 2.45) is 7.05 Å². The van der Waals surface area contributed by atoms with Crippen molar-refractivity contribution in [1.82, 2.24) is 14.8 Å². The minimum absolute atomic E-state index is 0.677. The van der Waals surface area contributed by atoms with E-state index in [1.54, 1.807) is 0 Å². The molecule has 0 bridgehead atoms. The van der Waals surface area contributed by atoms with Crippen LogP contribution in [0.3, 0.4) is 0 Å². The highest BCUT2D eigenvalue weighted by Crippen LogP contribution is 2.38. The third kappa shape index (κ3) is 1.15. The molecule has 0 atom stereocenters. The Labute approximate surface area is 71.2 Å². The molecule has 0 saturated heterocycles. The van der Waals surface area contributed by atoms with Gasteiger partial charge in [-0.25, -0.2) is 0 Å². The van der Waals surface area contributed by atoms with Crippen molar-refractivity contribution in [1.29, 1.82) is 0 Å². The summed E-state index contributed by atoms with van der Waals surface area (Å²) in [6, 6.07) is 0. The van der Waals surface area contributed by atoms with Crippen molar-refractivity contribution in [3.8, 4) is 0 Å². The molecular formula is C7H11N3S. The number of nitrogens with zero attached hydrogens (tertiary/aromatic N) is 3. The Balaban J connectivity index is 2.33. The first-order valence-electron chi connectivity index (χ1n) is 3.82. The number of thiol groups is 1. The summed E-state index contributed by atoms with van der Waals surface area (Å²) in [5.41, 5.74) is 0. The maximum Gasteiger partial charge on any atom is 0.142 e. The molecule has 0 N–H and O–H groups in total. The Morgan fingerprint density at radius 2 is 2.27 bits per heavy atom. The van der Waals surface area contributed by atoms with Gasteiger partial charge in [-0.2, -0.15) is 12.6 Å². The number of aromatic nitrogens is 3. The number of hydrogen-bond acceptors (Lipinski definition) is 3. The van der Waals surface area contributed by atoms with Gasteiger partial charge in [0.15, 0.2) is 0 Å². The highest BCUT2D eigenvalue weighted by Gasteiger charge is 2.28. The lowest BCUT2D eigenvalue weighted by Gasteiger charge is -1.98. The van der Waals surface area contributed by atoms with Gasteiger partial charge < -0.3 is 4.57 Å². The molecule has 1 aromatic rings. The molecule has 0 aliphatic heterocycles. The third-order valence-corrected chi connectivity index (χ3v) is 2.37. The topological polar surface area (TPSA) is 30.7 Å². The summed E-state index contributed by atoms with van der Waals surface area (Å²) in [4.78, 5) is 0. The summed E-state index contributed by atoms with van der Waals surface area (Å²) in [7, 11) is 2.01. The molecule has 1 saturated carbocycles. The smallest absolute Gasteiger partial charge is 0.142 e. The van der Waals surface area contributed by atoms with E-state index in [-0.39, 0.29) is 0 Å². The lowest BCUT2D eigenvalue weighted by molar-refractivity contribution is 0.775. The minimum atomic E-state index is 0.677. The largest absolute Gasteiger partial charge is 0.317 e. The molecule has 0 amide bonds. The van der Waals surface area contributed by atoms with Gasteiger partial charge in [-0.15, -0.1) is 10.2 Å². The van der Waals surface area contributed by atoms with Gasteiger partial charge in [0.1, 0.15) is 11.6 Å². The summed E-state index contributed by atoms with van der Waals surface area (Å²) in [5, 5.41) is 8.14. The van der Waals surface area contributed by atoms with E-state index in [0.29, 0.717) is 11.7 Å². The molecule has 3 nitrogen and oxygen atoms in total. The highest BCUT2D eigenvalue weighted by atomic mass is 32.1. The highest BCUT2D eigenvalue weighted by molar-refractivity contribution is 7.79. The van der Waals surface area contributed by atoms with E-state index in [1.807, 2.05) is 7.05 Å². The second-order valence-corrected chi connectivity index (χ2v) is 3.28. The summed E-state index contributed by atoms with van der Waals surface area (Å²) < 4.78 is 2.06. The van der Waals surface area contributed by atoms with E-state index in [1.165, 1.54) is 12.8 Å². The third-order valence-electron chi connectivity index (χ3n) is 2.08. The monoisotopic (exact) mass is 169 g/mol. The summed E-state index contributed by atoms with van der Waals surface area (Å²) >= 11 is 4.16. The van der Waals surface area contributed by atoms with E-state index in [9.17, 15) is 0 Å². The van der Waals surface area contributed by atoms with E-state index in [2.05, 4.69) is 27.4 Å². The molecule has 0 radical (unpaired) electrons. The molecule has 1 heterocycles. The first kappa shape index (κ1) is 7.16. The maximum absolute atomic E-state index is 4.16. The molecule has 4 heteroatoms. The Bertz CT molecular complexity index is 265. The van der Waals surface area contributed by atoms with Crippen molar-refractivity contribution < 1.29 is 0 Å². The van der Waals surface area contributed by atoms with Gasteiger partial charge in [-0.3, -0.25) is 0 Å². The number of rotatable bonds is 2. The van der Waals surface area contributed by atoms with Gasteiger partial charge in [0.25, 0.3) is 0 Å². The van der Waals surface area contributed by atoms with Crippen LogP contribution >= 0.6 is 12.6 Å². The second kappa shape index (κ2) is 2.52. The van der Waals surface area contributed by atoms with Gasteiger partial charge in [-0.05, 0) is 12.8 Å². The quantitative estimate of drug-likeness (QED) is 0.673. The Kier molecular flexibility index (Phi) is 1.64. The summed E-state index contributed by atoms with van der Waals surface area (Å²) in [6.45, 7) is 0. The molecular weight excluding hydrogens is 158 g/mol. The number of hydrogen-bond donors (Lipinski definition) is 1. The first-order valence-corrected chi connectivity index (χ1v) is 4.45. The first-order chi connectivity index (χ1) is 5.33. The van der Waals surface area contributed by atoms with Crippen LogP contribution in [0.5, 0.6) is 0 Å². The van der Waals surface area contributed by atoms with Crippen LogP contribution in [-0.4, -0.2) is 14.8 Å².